The van der Waals surface area contributed by atoms with Crippen LogP contribution in [0.25, 0.3) is 0 Å². The van der Waals surface area contributed by atoms with Crippen LogP contribution in [0, 0.1) is 0 Å². The largest absolute Gasteiger partial charge is 0.477 e. The summed E-state index contributed by atoms with van der Waals surface area (Å²) in [6, 6.07) is 0. The Hall–Kier alpha value is -4.35. The molecule has 0 aromatic carbocycles. The van der Waals surface area contributed by atoms with Crippen LogP contribution in [-0.4, -0.2) is 163 Å². The predicted octanol–water partition coefficient (Wildman–Crippen LogP) is -0.887. The third-order valence-electron chi connectivity index (χ3n) is 7.55. The number of aliphatic carboxylic acids is 2. The summed E-state index contributed by atoms with van der Waals surface area (Å²) in [5.41, 5.74) is -5.96. The van der Waals surface area contributed by atoms with Gasteiger partial charge in [0.1, 0.15) is 12.3 Å². The van der Waals surface area contributed by atoms with Crippen molar-refractivity contribution >= 4 is 76.6 Å². The molecule has 4 N–H and O–H groups in total. The molecular weight excluding hydrogens is 817 g/mol. The Morgan fingerprint density at radius 3 is 2.33 bits per heavy atom. The Bertz CT molecular complexity index is 1770. The number of carboxylic acid groups (broad SMARTS) is 2. The second-order valence-corrected chi connectivity index (χ2v) is 13.8. The molecule has 3 aliphatic heterocycles. The van der Waals surface area contributed by atoms with Gasteiger partial charge >= 0.3 is 17.9 Å². The van der Waals surface area contributed by atoms with E-state index in [0.717, 1.165) is 35.6 Å². The Labute approximate surface area is 318 Å². The molecule has 0 aliphatic carbocycles. The van der Waals surface area contributed by atoms with E-state index in [2.05, 4.69) is 37.7 Å². The van der Waals surface area contributed by atoms with Crippen LogP contribution in [0.1, 0.15) is 0 Å². The highest BCUT2D eigenvalue weighted by molar-refractivity contribution is 8.00. The van der Waals surface area contributed by atoms with E-state index in [4.69, 9.17) is 23.7 Å². The van der Waals surface area contributed by atoms with E-state index in [9.17, 15) is 56.5 Å². The second-order valence-electron chi connectivity index (χ2n) is 10.9. The molecule has 3 amide bonds. The van der Waals surface area contributed by atoms with Crippen LogP contribution >= 0.6 is 35.3 Å². The number of amides is 3. The summed E-state index contributed by atoms with van der Waals surface area (Å²) < 4.78 is 78.5. The molecule has 1 saturated heterocycles. The molecular formula is C27H30F4N8O13S3. The molecule has 302 valence electrons. The summed E-state index contributed by atoms with van der Waals surface area (Å²) in [4.78, 5) is 80.0. The highest BCUT2D eigenvalue weighted by atomic mass is 32.2. The normalized spacial score (nSPS) is 22.1. The lowest BCUT2D eigenvalue weighted by atomic mass is 9.94. The van der Waals surface area contributed by atoms with Crippen LogP contribution in [0.3, 0.4) is 0 Å². The molecule has 1 aromatic heterocycles. The third-order valence-corrected chi connectivity index (χ3v) is 9.95. The summed E-state index contributed by atoms with van der Waals surface area (Å²) in [5, 5.41) is 35.0. The molecule has 21 nitrogen and oxygen atoms in total. The van der Waals surface area contributed by atoms with E-state index < -0.39 is 114 Å². The maximum atomic E-state index is 13.5. The molecule has 4 heterocycles. The molecule has 0 saturated carbocycles. The minimum absolute atomic E-state index is 0.000693. The Balaban J connectivity index is 1.45. The van der Waals surface area contributed by atoms with Gasteiger partial charge in [-0.3, -0.25) is 19.3 Å². The number of carbonyl (C=O) groups is 6. The number of carbonyl (C=O) groups excluding carboxylic acids is 4. The van der Waals surface area contributed by atoms with Crippen molar-refractivity contribution in [1.29, 1.82) is 0 Å². The lowest BCUT2D eigenvalue weighted by Gasteiger charge is -2.55. The molecule has 0 spiro atoms. The SMILES string of the molecule is C=C1CO[C@H]([C@@](NC(=O)CSC(F)F)(OC)C(=O)OCCn2nnnc2SCC2=C(C(=O)O)N3C(=O)[C@@](NC(=O)CSC(F)F)(OC)[C@@H]3OC2)N=C1C(=O)O. The number of halogens is 4. The fourth-order valence-corrected chi connectivity index (χ4v) is 6.69. The molecule has 0 bridgehead atoms. The highest BCUT2D eigenvalue weighted by Crippen LogP contribution is 2.41. The number of rotatable bonds is 20. The first kappa shape index (κ1) is 43.4. The van der Waals surface area contributed by atoms with Crippen molar-refractivity contribution in [3.05, 3.63) is 23.4 Å². The first-order chi connectivity index (χ1) is 26.0. The van der Waals surface area contributed by atoms with Gasteiger partial charge in [0.2, 0.25) is 23.2 Å². The predicted molar refractivity (Wildman–Crippen MR) is 177 cm³/mol. The van der Waals surface area contributed by atoms with Crippen molar-refractivity contribution in [3.63, 3.8) is 0 Å². The van der Waals surface area contributed by atoms with Gasteiger partial charge in [0.15, 0.2) is 11.9 Å². The maximum absolute atomic E-state index is 13.5. The van der Waals surface area contributed by atoms with Gasteiger partial charge in [-0.2, -0.15) is 17.6 Å². The number of nitrogens with zero attached hydrogens (tertiary/aromatic N) is 6. The van der Waals surface area contributed by atoms with E-state index in [-0.39, 0.29) is 52.1 Å². The van der Waals surface area contributed by atoms with Gasteiger partial charge in [-0.1, -0.05) is 41.9 Å². The Kier molecular flexibility index (Phi) is 14.6. The van der Waals surface area contributed by atoms with Crippen LogP contribution in [0.5, 0.6) is 0 Å². The number of fused-ring (bicyclic) bond motifs is 1. The smallest absolute Gasteiger partial charge is 0.365 e. The number of ether oxygens (including phenoxy) is 5. The monoisotopic (exact) mass is 846 g/mol. The number of hydrogen-bond donors (Lipinski definition) is 4. The van der Waals surface area contributed by atoms with E-state index in [1.807, 2.05) is 0 Å². The van der Waals surface area contributed by atoms with Crippen LogP contribution in [0.2, 0.25) is 0 Å². The quantitative estimate of drug-likeness (QED) is 0.0408. The minimum atomic E-state index is -2.95. The molecule has 28 heteroatoms. The number of thioether (sulfide) groups is 3. The van der Waals surface area contributed by atoms with Gasteiger partial charge < -0.3 is 44.5 Å². The van der Waals surface area contributed by atoms with Crippen LogP contribution in [-0.2, 0) is 59.0 Å². The van der Waals surface area contributed by atoms with Crippen LogP contribution in [0.4, 0.5) is 17.6 Å². The number of β-lactam (4-membered cyclic amide) rings is 1. The van der Waals surface area contributed by atoms with E-state index in [1.54, 1.807) is 0 Å². The number of aromatic nitrogens is 4. The molecule has 1 aromatic rings. The van der Waals surface area contributed by atoms with Crippen molar-refractivity contribution in [2.45, 2.75) is 47.1 Å². The first-order valence-corrected chi connectivity index (χ1v) is 18.2. The van der Waals surface area contributed by atoms with Gasteiger partial charge in [-0.05, 0) is 16.0 Å². The Morgan fingerprint density at radius 2 is 1.73 bits per heavy atom. The summed E-state index contributed by atoms with van der Waals surface area (Å²) in [5.74, 6) is -15.2. The van der Waals surface area contributed by atoms with Gasteiger partial charge in [0.25, 0.3) is 28.9 Å². The van der Waals surface area contributed by atoms with Crippen LogP contribution < -0.4 is 10.6 Å². The fraction of sp³-hybridized carbons (Fsp3) is 0.556. The van der Waals surface area contributed by atoms with E-state index >= 15 is 0 Å². The van der Waals surface area contributed by atoms with Crippen molar-refractivity contribution < 1.29 is 80.2 Å². The van der Waals surface area contributed by atoms with Gasteiger partial charge in [-0.25, -0.2) is 24.1 Å². The zero-order valence-corrected chi connectivity index (χ0v) is 30.7. The number of esters is 1. The molecule has 4 rings (SSSR count). The summed E-state index contributed by atoms with van der Waals surface area (Å²) in [6.07, 6.45) is -3.32. The van der Waals surface area contributed by atoms with Crippen molar-refractivity contribution in [2.24, 2.45) is 4.99 Å². The lowest BCUT2D eigenvalue weighted by Crippen LogP contribution is -2.82. The molecule has 1 fully saturated rings. The number of tetrazole rings is 1. The molecule has 3 aliphatic rings. The molecule has 0 unspecified atom stereocenters. The number of nitrogens with one attached hydrogen (secondary N) is 2. The minimum Gasteiger partial charge on any atom is -0.477 e. The summed E-state index contributed by atoms with van der Waals surface area (Å²) in [6.45, 7) is 1.83. The second kappa shape index (κ2) is 18.5. The number of alkyl halides is 4. The number of aliphatic imine (C=N–C) groups is 1. The van der Waals surface area contributed by atoms with Gasteiger partial charge in [0, 0.05) is 25.5 Å². The molecule has 4 atom stereocenters. The Morgan fingerprint density at radius 1 is 1.05 bits per heavy atom. The topological polar surface area (TPSA) is 272 Å². The zero-order chi connectivity index (χ0) is 40.7. The van der Waals surface area contributed by atoms with Gasteiger partial charge in [0.05, 0.1) is 31.3 Å². The fourth-order valence-electron chi connectivity index (χ4n) is 5.10. The molecule has 0 radical (unpaired) electrons. The highest BCUT2D eigenvalue weighted by Gasteiger charge is 2.67. The summed E-state index contributed by atoms with van der Waals surface area (Å²) in [7, 11) is 1.96. The standard InChI is InChI=1S/C27H30F4N8O13S3/c1-11-6-51-19(32-15(11)17(42)43)26(48-2,33-13(40)9-53-23(28)29)22(47)50-5-4-38-25(35-36-37-38)55-8-12-7-52-21-27(49-3,34-14(41)10-54-24(30)31)20(46)39(21)16(12)18(44)45/h19,21,23-24H,1,4-10H2,2-3H3,(H,33,40)(H,34,41)(H,42,43)(H,44,45)/t19-,21+,26-,27-/m1/s1. The number of carboxylic acids is 2. The zero-order valence-electron chi connectivity index (χ0n) is 28.3. The van der Waals surface area contributed by atoms with Gasteiger partial charge in [-0.15, -0.1) is 5.10 Å². The molecule has 55 heavy (non-hydrogen) atoms. The van der Waals surface area contributed by atoms with E-state index in [0.29, 0.717) is 0 Å². The first-order valence-electron chi connectivity index (χ1n) is 15.1. The van der Waals surface area contributed by atoms with E-state index in [1.165, 1.54) is 0 Å². The van der Waals surface area contributed by atoms with Crippen molar-refractivity contribution in [3.8, 4) is 0 Å². The number of hydrogen-bond acceptors (Lipinski definition) is 18. The van der Waals surface area contributed by atoms with Crippen molar-refractivity contribution in [2.75, 3.05) is 51.3 Å². The number of methoxy groups -OCH3 is 2. The average molecular weight is 847 g/mol. The van der Waals surface area contributed by atoms with Crippen molar-refractivity contribution in [1.82, 2.24) is 35.7 Å². The van der Waals surface area contributed by atoms with Crippen LogP contribution in [0.15, 0.2) is 33.6 Å². The average Bonchev–Trinajstić information content (AvgIpc) is 3.59. The third kappa shape index (κ3) is 9.55. The lowest BCUT2D eigenvalue weighted by molar-refractivity contribution is -0.257. The maximum Gasteiger partial charge on any atom is 0.365 e. The summed E-state index contributed by atoms with van der Waals surface area (Å²) >= 11 is 0.798.